The van der Waals surface area contributed by atoms with Crippen LogP contribution in [0.3, 0.4) is 0 Å². The maximum absolute atomic E-state index is 11.6. The van der Waals surface area contributed by atoms with Gasteiger partial charge in [0.1, 0.15) is 15.9 Å². The maximum Gasteiger partial charge on any atom is 0.326 e. The number of carboxylic acid groups (broad SMARTS) is 1. The standard InChI is InChI=1S/C11H22N2O5S/c1-4-12-8(2)7-10(14)13-9(11(15)16)5-6-19(3,17)18/h8-9,12H,4-7H2,1-3H3,(H,13,14)(H,15,16). The van der Waals surface area contributed by atoms with Gasteiger partial charge in [-0.15, -0.1) is 0 Å². The van der Waals surface area contributed by atoms with Crippen LogP contribution in [-0.2, 0) is 19.4 Å². The van der Waals surface area contributed by atoms with Crippen LogP contribution in [0.25, 0.3) is 0 Å². The van der Waals surface area contributed by atoms with Crippen molar-refractivity contribution in [2.75, 3.05) is 18.6 Å². The number of carboxylic acids is 1. The van der Waals surface area contributed by atoms with Crippen molar-refractivity contribution in [3.63, 3.8) is 0 Å². The Morgan fingerprint density at radius 3 is 2.32 bits per heavy atom. The summed E-state index contributed by atoms with van der Waals surface area (Å²) in [4.78, 5) is 22.5. The van der Waals surface area contributed by atoms with E-state index in [2.05, 4.69) is 10.6 Å². The number of aliphatic carboxylic acids is 1. The predicted molar refractivity (Wildman–Crippen MR) is 71.7 cm³/mol. The highest BCUT2D eigenvalue weighted by Crippen LogP contribution is 1.99. The topological polar surface area (TPSA) is 113 Å². The Labute approximate surface area is 113 Å². The first-order chi connectivity index (χ1) is 8.65. The molecule has 112 valence electrons. The van der Waals surface area contributed by atoms with Crippen LogP contribution in [0.15, 0.2) is 0 Å². The van der Waals surface area contributed by atoms with Crippen LogP contribution >= 0.6 is 0 Å². The van der Waals surface area contributed by atoms with Gasteiger partial charge in [0.25, 0.3) is 0 Å². The van der Waals surface area contributed by atoms with Gasteiger partial charge < -0.3 is 15.7 Å². The number of amides is 1. The number of hydrogen-bond acceptors (Lipinski definition) is 5. The van der Waals surface area contributed by atoms with E-state index in [1.54, 1.807) is 0 Å². The molecule has 1 amide bonds. The first-order valence-corrected chi connectivity index (χ1v) is 8.15. The number of sulfone groups is 1. The number of carbonyl (C=O) groups excluding carboxylic acids is 1. The molecule has 2 unspecified atom stereocenters. The second kappa shape index (κ2) is 8.11. The molecule has 0 aromatic carbocycles. The summed E-state index contributed by atoms with van der Waals surface area (Å²) in [6.45, 7) is 4.43. The maximum atomic E-state index is 11.6. The van der Waals surface area contributed by atoms with Crippen molar-refractivity contribution in [3.05, 3.63) is 0 Å². The third-order valence-electron chi connectivity index (χ3n) is 2.45. The summed E-state index contributed by atoms with van der Waals surface area (Å²) in [6.07, 6.45) is 1.05. The van der Waals surface area contributed by atoms with Crippen LogP contribution in [0, 0.1) is 0 Å². The Morgan fingerprint density at radius 1 is 1.32 bits per heavy atom. The lowest BCUT2D eigenvalue weighted by Gasteiger charge is -2.16. The van der Waals surface area contributed by atoms with Crippen LogP contribution in [-0.4, -0.2) is 56.0 Å². The molecule has 7 nitrogen and oxygen atoms in total. The van der Waals surface area contributed by atoms with Gasteiger partial charge >= 0.3 is 5.97 Å². The summed E-state index contributed by atoms with van der Waals surface area (Å²) >= 11 is 0. The van der Waals surface area contributed by atoms with E-state index in [1.165, 1.54) is 0 Å². The van der Waals surface area contributed by atoms with Gasteiger partial charge in [0.15, 0.2) is 0 Å². The molecular weight excluding hydrogens is 272 g/mol. The summed E-state index contributed by atoms with van der Waals surface area (Å²) in [6, 6.07) is -1.23. The molecule has 0 aliphatic rings. The molecule has 3 N–H and O–H groups in total. The Balaban J connectivity index is 4.35. The minimum atomic E-state index is -3.25. The summed E-state index contributed by atoms with van der Waals surface area (Å²) in [5.41, 5.74) is 0. The second-order valence-electron chi connectivity index (χ2n) is 4.54. The molecule has 0 fully saturated rings. The molecule has 0 aromatic rings. The van der Waals surface area contributed by atoms with Gasteiger partial charge in [0.2, 0.25) is 5.91 Å². The van der Waals surface area contributed by atoms with Crippen LogP contribution < -0.4 is 10.6 Å². The lowest BCUT2D eigenvalue weighted by Crippen LogP contribution is -2.44. The minimum absolute atomic E-state index is 0.0608. The minimum Gasteiger partial charge on any atom is -0.480 e. The molecular formula is C11H22N2O5S. The molecule has 0 aliphatic heterocycles. The summed E-state index contributed by atoms with van der Waals surface area (Å²) in [5.74, 6) is -1.91. The average molecular weight is 294 g/mol. The van der Waals surface area contributed by atoms with Crippen molar-refractivity contribution in [1.29, 1.82) is 0 Å². The lowest BCUT2D eigenvalue weighted by atomic mass is 10.2. The van der Waals surface area contributed by atoms with Crippen LogP contribution in [0.5, 0.6) is 0 Å². The zero-order chi connectivity index (χ0) is 15.1. The third-order valence-corrected chi connectivity index (χ3v) is 3.43. The zero-order valence-corrected chi connectivity index (χ0v) is 12.3. The van der Waals surface area contributed by atoms with E-state index in [4.69, 9.17) is 5.11 Å². The summed E-state index contributed by atoms with van der Waals surface area (Å²) < 4.78 is 22.0. The third kappa shape index (κ3) is 9.43. The molecule has 0 bridgehead atoms. The number of rotatable bonds is 9. The molecule has 0 radical (unpaired) electrons. The van der Waals surface area contributed by atoms with E-state index in [9.17, 15) is 18.0 Å². The van der Waals surface area contributed by atoms with E-state index in [0.29, 0.717) is 6.54 Å². The van der Waals surface area contributed by atoms with Gasteiger partial charge in [-0.05, 0) is 19.9 Å². The molecule has 0 spiro atoms. The number of nitrogens with one attached hydrogen (secondary N) is 2. The van der Waals surface area contributed by atoms with Crippen LogP contribution in [0.2, 0.25) is 0 Å². The van der Waals surface area contributed by atoms with Gasteiger partial charge in [0, 0.05) is 18.7 Å². The fourth-order valence-electron chi connectivity index (χ4n) is 1.54. The molecule has 0 saturated heterocycles. The van der Waals surface area contributed by atoms with Gasteiger partial charge in [-0.1, -0.05) is 6.92 Å². The smallest absolute Gasteiger partial charge is 0.326 e. The highest BCUT2D eigenvalue weighted by atomic mass is 32.2. The molecule has 8 heteroatoms. The molecule has 0 rings (SSSR count). The summed E-state index contributed by atoms with van der Waals surface area (Å²) in [7, 11) is -3.25. The van der Waals surface area contributed by atoms with Crippen molar-refractivity contribution < 1.29 is 23.1 Å². The van der Waals surface area contributed by atoms with Crippen molar-refractivity contribution in [3.8, 4) is 0 Å². The summed E-state index contributed by atoms with van der Waals surface area (Å²) in [5, 5.41) is 14.3. The number of carbonyl (C=O) groups is 2. The first-order valence-electron chi connectivity index (χ1n) is 6.09. The van der Waals surface area contributed by atoms with Crippen LogP contribution in [0.1, 0.15) is 26.7 Å². The molecule has 0 saturated carbocycles. The van der Waals surface area contributed by atoms with Gasteiger partial charge in [-0.3, -0.25) is 4.79 Å². The first kappa shape index (κ1) is 17.8. The van der Waals surface area contributed by atoms with Crippen LogP contribution in [0.4, 0.5) is 0 Å². The van der Waals surface area contributed by atoms with E-state index in [0.717, 1.165) is 6.26 Å². The monoisotopic (exact) mass is 294 g/mol. The Bertz CT molecular complexity index is 407. The zero-order valence-electron chi connectivity index (χ0n) is 11.5. The van der Waals surface area contributed by atoms with Crippen molar-refractivity contribution in [2.45, 2.75) is 38.8 Å². The van der Waals surface area contributed by atoms with E-state index < -0.39 is 27.8 Å². The van der Waals surface area contributed by atoms with E-state index >= 15 is 0 Å². The van der Waals surface area contributed by atoms with Crippen molar-refractivity contribution in [1.82, 2.24) is 10.6 Å². The molecule has 2 atom stereocenters. The van der Waals surface area contributed by atoms with Gasteiger partial charge in [-0.25, -0.2) is 13.2 Å². The van der Waals surface area contributed by atoms with Gasteiger partial charge in [-0.2, -0.15) is 0 Å². The quantitative estimate of drug-likeness (QED) is 0.522. The fourth-order valence-corrected chi connectivity index (χ4v) is 2.21. The molecule has 0 aromatic heterocycles. The molecule has 19 heavy (non-hydrogen) atoms. The Hall–Kier alpha value is -1.15. The van der Waals surface area contributed by atoms with E-state index in [-0.39, 0.29) is 24.6 Å². The van der Waals surface area contributed by atoms with Gasteiger partial charge in [0.05, 0.1) is 5.75 Å². The average Bonchev–Trinajstić information content (AvgIpc) is 2.22. The van der Waals surface area contributed by atoms with Crippen molar-refractivity contribution >= 4 is 21.7 Å². The largest absolute Gasteiger partial charge is 0.480 e. The highest BCUT2D eigenvalue weighted by molar-refractivity contribution is 7.90. The highest BCUT2D eigenvalue weighted by Gasteiger charge is 2.22. The fraction of sp³-hybridized carbons (Fsp3) is 0.818. The Morgan fingerprint density at radius 2 is 1.89 bits per heavy atom. The molecule has 0 heterocycles. The SMILES string of the molecule is CCNC(C)CC(=O)NC(CCS(C)(=O)=O)C(=O)O. The normalized spacial score (nSPS) is 14.7. The second-order valence-corrected chi connectivity index (χ2v) is 6.80. The number of hydrogen-bond donors (Lipinski definition) is 3. The van der Waals surface area contributed by atoms with Crippen molar-refractivity contribution in [2.24, 2.45) is 0 Å². The Kier molecular flexibility index (Phi) is 7.62. The predicted octanol–water partition coefficient (Wildman–Crippen LogP) is -0.621. The van der Waals surface area contributed by atoms with E-state index in [1.807, 2.05) is 13.8 Å². The lowest BCUT2D eigenvalue weighted by molar-refractivity contribution is -0.141. The molecule has 0 aliphatic carbocycles.